The van der Waals surface area contributed by atoms with E-state index < -0.39 is 11.5 Å². The summed E-state index contributed by atoms with van der Waals surface area (Å²) in [5.74, 6) is -0.373. The molecule has 0 bridgehead atoms. The fraction of sp³-hybridized carbons (Fsp3) is 0.286. The minimum Gasteiger partial charge on any atom is -0.375 e. The Morgan fingerprint density at radius 1 is 1.03 bits per heavy atom. The van der Waals surface area contributed by atoms with Crippen LogP contribution in [0.15, 0.2) is 65.1 Å². The molecule has 0 aliphatic carbocycles. The molecule has 0 radical (unpaired) electrons. The van der Waals surface area contributed by atoms with Gasteiger partial charge in [-0.05, 0) is 54.7 Å². The van der Waals surface area contributed by atoms with Gasteiger partial charge in [0.2, 0.25) is 0 Å². The van der Waals surface area contributed by atoms with Gasteiger partial charge in [0.05, 0.1) is 18.7 Å². The van der Waals surface area contributed by atoms with Gasteiger partial charge in [0, 0.05) is 15.6 Å². The third kappa shape index (κ3) is 4.40. The molecule has 33 heavy (non-hydrogen) atoms. The topological polar surface area (TPSA) is 57.6 Å². The number of carbonyl (C=O) groups is 2. The maximum Gasteiger partial charge on any atom is 0.264 e. The van der Waals surface area contributed by atoms with Crippen molar-refractivity contribution in [2.75, 3.05) is 4.90 Å². The van der Waals surface area contributed by atoms with Gasteiger partial charge in [0.1, 0.15) is 0 Å². The number of amides is 1. The SMILES string of the molecule is Cc1ccc(C)c(CN2C(=O)C(O)(CC(=O)c3ccc(C(C)C)cc3)c3cc(Br)ccc32)c1. The lowest BCUT2D eigenvalue weighted by atomic mass is 9.87. The molecule has 4 nitrogen and oxygen atoms in total. The van der Waals surface area contributed by atoms with Gasteiger partial charge in [0.25, 0.3) is 5.91 Å². The molecule has 170 valence electrons. The molecule has 1 unspecified atom stereocenters. The zero-order chi connectivity index (χ0) is 23.9. The quantitative estimate of drug-likeness (QED) is 0.406. The largest absolute Gasteiger partial charge is 0.375 e. The Bertz CT molecular complexity index is 1230. The molecule has 1 aliphatic rings. The first-order chi connectivity index (χ1) is 15.6. The zero-order valence-corrected chi connectivity index (χ0v) is 20.9. The van der Waals surface area contributed by atoms with E-state index in [1.807, 2.05) is 50.2 Å². The summed E-state index contributed by atoms with van der Waals surface area (Å²) < 4.78 is 0.745. The molecule has 1 aliphatic heterocycles. The highest BCUT2D eigenvalue weighted by atomic mass is 79.9. The van der Waals surface area contributed by atoms with Crippen molar-refractivity contribution in [3.05, 3.63) is 98.5 Å². The lowest BCUT2D eigenvalue weighted by Gasteiger charge is -2.23. The molecule has 0 aromatic heterocycles. The van der Waals surface area contributed by atoms with Crippen LogP contribution in [0.25, 0.3) is 0 Å². The summed E-state index contributed by atoms with van der Waals surface area (Å²) in [6, 6.07) is 18.9. The number of anilines is 1. The Morgan fingerprint density at radius 3 is 2.39 bits per heavy atom. The van der Waals surface area contributed by atoms with E-state index in [0.717, 1.165) is 26.7 Å². The number of Topliss-reactive ketones (excluding diaryl/α,β-unsaturated/α-hetero) is 1. The maximum atomic E-state index is 13.6. The van der Waals surface area contributed by atoms with Crippen molar-refractivity contribution in [3.63, 3.8) is 0 Å². The van der Waals surface area contributed by atoms with Crippen LogP contribution in [-0.4, -0.2) is 16.8 Å². The number of benzene rings is 3. The van der Waals surface area contributed by atoms with Crippen molar-refractivity contribution in [2.45, 2.75) is 52.2 Å². The molecule has 1 N–H and O–H groups in total. The van der Waals surface area contributed by atoms with Crippen molar-refractivity contribution < 1.29 is 14.7 Å². The van der Waals surface area contributed by atoms with Crippen LogP contribution in [0.3, 0.4) is 0 Å². The van der Waals surface area contributed by atoms with Crippen molar-refractivity contribution in [3.8, 4) is 0 Å². The number of hydrogen-bond donors (Lipinski definition) is 1. The second-order valence-electron chi connectivity index (χ2n) is 9.22. The van der Waals surface area contributed by atoms with Gasteiger partial charge in [-0.1, -0.05) is 77.8 Å². The zero-order valence-electron chi connectivity index (χ0n) is 19.4. The van der Waals surface area contributed by atoms with E-state index in [1.165, 1.54) is 0 Å². The first-order valence-electron chi connectivity index (χ1n) is 11.1. The Kier molecular flexibility index (Phi) is 6.30. The van der Waals surface area contributed by atoms with Gasteiger partial charge in [-0.25, -0.2) is 0 Å². The van der Waals surface area contributed by atoms with Crippen LogP contribution in [0.5, 0.6) is 0 Å². The summed E-state index contributed by atoms with van der Waals surface area (Å²) in [4.78, 5) is 28.4. The molecule has 0 saturated heterocycles. The molecule has 1 atom stereocenters. The monoisotopic (exact) mass is 505 g/mol. The van der Waals surface area contributed by atoms with Crippen LogP contribution in [0.4, 0.5) is 5.69 Å². The van der Waals surface area contributed by atoms with Crippen LogP contribution in [0.1, 0.15) is 64.4 Å². The normalized spacial score (nSPS) is 17.5. The Balaban J connectivity index is 1.69. The number of fused-ring (bicyclic) bond motifs is 1. The minimum absolute atomic E-state index is 0.263. The molecule has 3 aromatic carbocycles. The van der Waals surface area contributed by atoms with Crippen molar-refractivity contribution in [1.82, 2.24) is 0 Å². The van der Waals surface area contributed by atoms with E-state index in [0.29, 0.717) is 29.3 Å². The first kappa shape index (κ1) is 23.4. The number of halogens is 1. The van der Waals surface area contributed by atoms with Gasteiger partial charge < -0.3 is 10.0 Å². The van der Waals surface area contributed by atoms with Gasteiger partial charge in [-0.2, -0.15) is 0 Å². The van der Waals surface area contributed by atoms with E-state index in [9.17, 15) is 14.7 Å². The molecule has 0 fully saturated rings. The summed E-state index contributed by atoms with van der Waals surface area (Å²) in [5, 5.41) is 11.7. The average molecular weight is 506 g/mol. The molecule has 0 spiro atoms. The molecular weight excluding hydrogens is 478 g/mol. The number of aryl methyl sites for hydroxylation is 2. The number of ketones is 1. The maximum absolute atomic E-state index is 13.6. The summed E-state index contributed by atoms with van der Waals surface area (Å²) in [6.07, 6.45) is -0.306. The fourth-order valence-corrected chi connectivity index (χ4v) is 4.74. The average Bonchev–Trinajstić information content (AvgIpc) is 2.97. The van der Waals surface area contributed by atoms with Crippen LogP contribution >= 0.6 is 15.9 Å². The lowest BCUT2D eigenvalue weighted by Crippen LogP contribution is -2.41. The molecule has 1 heterocycles. The predicted octanol–water partition coefficient (Wildman–Crippen LogP) is 6.20. The highest BCUT2D eigenvalue weighted by molar-refractivity contribution is 9.10. The summed E-state index contributed by atoms with van der Waals surface area (Å²) in [6.45, 7) is 8.54. The smallest absolute Gasteiger partial charge is 0.264 e. The van der Waals surface area contributed by atoms with E-state index in [2.05, 4.69) is 35.8 Å². The van der Waals surface area contributed by atoms with E-state index >= 15 is 0 Å². The molecule has 3 aromatic rings. The third-order valence-corrected chi connectivity index (χ3v) is 6.94. The van der Waals surface area contributed by atoms with E-state index in [1.54, 1.807) is 23.1 Å². The van der Waals surface area contributed by atoms with Gasteiger partial charge in [0.15, 0.2) is 11.4 Å². The molecular formula is C28H28BrNO3. The Labute approximate surface area is 203 Å². The van der Waals surface area contributed by atoms with Gasteiger partial charge in [-0.3, -0.25) is 9.59 Å². The third-order valence-electron chi connectivity index (χ3n) is 6.44. The number of nitrogens with zero attached hydrogens (tertiary/aromatic N) is 1. The fourth-order valence-electron chi connectivity index (χ4n) is 4.38. The van der Waals surface area contributed by atoms with Crippen molar-refractivity contribution in [2.24, 2.45) is 0 Å². The molecule has 0 saturated carbocycles. The number of rotatable bonds is 6. The Morgan fingerprint density at radius 2 is 1.73 bits per heavy atom. The summed E-state index contributed by atoms with van der Waals surface area (Å²) in [5.41, 5.74) is 4.00. The summed E-state index contributed by atoms with van der Waals surface area (Å²) >= 11 is 3.45. The number of aliphatic hydroxyl groups is 1. The van der Waals surface area contributed by atoms with E-state index in [-0.39, 0.29) is 12.2 Å². The minimum atomic E-state index is -1.91. The van der Waals surface area contributed by atoms with Crippen LogP contribution in [-0.2, 0) is 16.9 Å². The standard InChI is InChI=1S/C28H28BrNO3/c1-17(2)20-7-9-21(10-8-20)26(31)15-28(33)24-14-23(29)11-12-25(24)30(27(28)32)16-22-13-18(3)5-6-19(22)4/h5-14,17,33H,15-16H2,1-4H3. The highest BCUT2D eigenvalue weighted by Crippen LogP contribution is 2.45. The van der Waals surface area contributed by atoms with Crippen LogP contribution in [0.2, 0.25) is 0 Å². The van der Waals surface area contributed by atoms with E-state index in [4.69, 9.17) is 0 Å². The van der Waals surface area contributed by atoms with Crippen molar-refractivity contribution >= 4 is 33.3 Å². The molecule has 1 amide bonds. The van der Waals surface area contributed by atoms with Crippen molar-refractivity contribution in [1.29, 1.82) is 0 Å². The summed E-state index contributed by atoms with van der Waals surface area (Å²) in [7, 11) is 0. The highest BCUT2D eigenvalue weighted by Gasteiger charge is 2.51. The number of hydrogen-bond acceptors (Lipinski definition) is 3. The molecule has 4 rings (SSSR count). The Hall–Kier alpha value is -2.76. The molecule has 5 heteroatoms. The second-order valence-corrected chi connectivity index (χ2v) is 10.1. The van der Waals surface area contributed by atoms with Crippen LogP contribution < -0.4 is 4.90 Å². The number of carbonyl (C=O) groups excluding carboxylic acids is 2. The van der Waals surface area contributed by atoms with Gasteiger partial charge in [-0.15, -0.1) is 0 Å². The predicted molar refractivity (Wildman–Crippen MR) is 135 cm³/mol. The first-order valence-corrected chi connectivity index (χ1v) is 11.9. The van der Waals surface area contributed by atoms with Gasteiger partial charge >= 0.3 is 0 Å². The lowest BCUT2D eigenvalue weighted by molar-refractivity contribution is -0.136. The second kappa shape index (κ2) is 8.88. The van der Waals surface area contributed by atoms with Crippen LogP contribution in [0, 0.1) is 13.8 Å².